The lowest BCUT2D eigenvalue weighted by molar-refractivity contribution is 0.383. The van der Waals surface area contributed by atoms with Crippen molar-refractivity contribution in [2.45, 2.75) is 39.8 Å². The molecule has 4 heteroatoms. The Hall–Kier alpha value is -1.13. The SMILES string of the molecule is Cc1ccc(Br)cc1-c1cnc(CNC(C)(C)C)o1. The fourth-order valence-corrected chi connectivity index (χ4v) is 2.08. The molecule has 0 fully saturated rings. The van der Waals surface area contributed by atoms with Gasteiger partial charge in [-0.3, -0.25) is 0 Å². The van der Waals surface area contributed by atoms with Gasteiger partial charge in [-0.2, -0.15) is 0 Å². The number of nitrogens with one attached hydrogen (secondary N) is 1. The van der Waals surface area contributed by atoms with Gasteiger partial charge in [-0.05, 0) is 45.4 Å². The zero-order chi connectivity index (χ0) is 14.0. The number of hydrogen-bond donors (Lipinski definition) is 1. The van der Waals surface area contributed by atoms with Crippen molar-refractivity contribution in [3.63, 3.8) is 0 Å². The van der Waals surface area contributed by atoms with Crippen LogP contribution in [-0.4, -0.2) is 10.5 Å². The molecule has 1 N–H and O–H groups in total. The van der Waals surface area contributed by atoms with E-state index in [1.165, 1.54) is 5.56 Å². The predicted molar refractivity (Wildman–Crippen MR) is 81.0 cm³/mol. The lowest BCUT2D eigenvalue weighted by atomic mass is 10.1. The molecule has 0 spiro atoms. The lowest BCUT2D eigenvalue weighted by Crippen LogP contribution is -2.35. The molecule has 102 valence electrons. The maximum absolute atomic E-state index is 5.81. The maximum atomic E-state index is 5.81. The number of benzene rings is 1. The first-order valence-electron chi connectivity index (χ1n) is 6.31. The second-order valence-corrected chi connectivity index (χ2v) is 6.60. The molecule has 1 aromatic heterocycles. The van der Waals surface area contributed by atoms with Crippen molar-refractivity contribution in [2.24, 2.45) is 0 Å². The van der Waals surface area contributed by atoms with Crippen molar-refractivity contribution in [2.75, 3.05) is 0 Å². The van der Waals surface area contributed by atoms with Crippen LogP contribution >= 0.6 is 15.9 Å². The van der Waals surface area contributed by atoms with Crippen LogP contribution in [-0.2, 0) is 6.54 Å². The summed E-state index contributed by atoms with van der Waals surface area (Å²) in [5, 5.41) is 3.36. The number of hydrogen-bond acceptors (Lipinski definition) is 3. The van der Waals surface area contributed by atoms with E-state index in [-0.39, 0.29) is 5.54 Å². The highest BCUT2D eigenvalue weighted by Gasteiger charge is 2.13. The Labute approximate surface area is 122 Å². The van der Waals surface area contributed by atoms with Crippen molar-refractivity contribution >= 4 is 15.9 Å². The Morgan fingerprint density at radius 1 is 1.32 bits per heavy atom. The Morgan fingerprint density at radius 3 is 2.74 bits per heavy atom. The van der Waals surface area contributed by atoms with Crippen molar-refractivity contribution in [1.82, 2.24) is 10.3 Å². The van der Waals surface area contributed by atoms with Gasteiger partial charge in [0.05, 0.1) is 12.7 Å². The van der Waals surface area contributed by atoms with Crippen molar-refractivity contribution in [1.29, 1.82) is 0 Å². The molecule has 2 rings (SSSR count). The van der Waals surface area contributed by atoms with E-state index in [0.29, 0.717) is 12.4 Å². The topological polar surface area (TPSA) is 38.1 Å². The molecular weight excluding hydrogens is 304 g/mol. The highest BCUT2D eigenvalue weighted by atomic mass is 79.9. The number of aromatic nitrogens is 1. The van der Waals surface area contributed by atoms with E-state index >= 15 is 0 Å². The first kappa shape index (κ1) is 14.3. The summed E-state index contributed by atoms with van der Waals surface area (Å²) in [7, 11) is 0. The third kappa shape index (κ3) is 3.91. The Bertz CT molecular complexity index is 570. The highest BCUT2D eigenvalue weighted by Crippen LogP contribution is 2.27. The van der Waals surface area contributed by atoms with Gasteiger partial charge in [-0.1, -0.05) is 22.0 Å². The van der Waals surface area contributed by atoms with E-state index < -0.39 is 0 Å². The van der Waals surface area contributed by atoms with Crippen LogP contribution < -0.4 is 5.32 Å². The fourth-order valence-electron chi connectivity index (χ4n) is 1.72. The quantitative estimate of drug-likeness (QED) is 0.915. The summed E-state index contributed by atoms with van der Waals surface area (Å²) in [4.78, 5) is 4.32. The van der Waals surface area contributed by atoms with Crippen LogP contribution in [0, 0.1) is 6.92 Å². The van der Waals surface area contributed by atoms with Gasteiger partial charge in [0.15, 0.2) is 5.76 Å². The molecule has 0 atom stereocenters. The molecular formula is C15H19BrN2O. The standard InChI is InChI=1S/C15H19BrN2O/c1-10-5-6-11(16)7-12(10)13-8-17-14(19-13)9-18-15(2,3)4/h5-8,18H,9H2,1-4H3. The number of nitrogens with zero attached hydrogens (tertiary/aromatic N) is 1. The Balaban J connectivity index is 2.19. The van der Waals surface area contributed by atoms with Crippen molar-refractivity contribution < 1.29 is 4.42 Å². The minimum atomic E-state index is 0.0559. The smallest absolute Gasteiger partial charge is 0.208 e. The summed E-state index contributed by atoms with van der Waals surface area (Å²) in [5.41, 5.74) is 2.30. The van der Waals surface area contributed by atoms with E-state index in [0.717, 1.165) is 15.8 Å². The van der Waals surface area contributed by atoms with Gasteiger partial charge in [0, 0.05) is 15.6 Å². The van der Waals surface area contributed by atoms with Crippen LogP contribution in [0.5, 0.6) is 0 Å². The van der Waals surface area contributed by atoms with Gasteiger partial charge >= 0.3 is 0 Å². The summed E-state index contributed by atoms with van der Waals surface area (Å²) in [6, 6.07) is 6.14. The molecule has 0 saturated carbocycles. The Morgan fingerprint density at radius 2 is 2.05 bits per heavy atom. The van der Waals surface area contributed by atoms with Crippen LogP contribution in [0.4, 0.5) is 0 Å². The molecule has 0 bridgehead atoms. The highest BCUT2D eigenvalue weighted by molar-refractivity contribution is 9.10. The van der Waals surface area contributed by atoms with Gasteiger partial charge in [-0.25, -0.2) is 4.98 Å². The largest absolute Gasteiger partial charge is 0.439 e. The van der Waals surface area contributed by atoms with Crippen LogP contribution in [0.3, 0.4) is 0 Å². The third-order valence-corrected chi connectivity index (χ3v) is 3.28. The molecule has 19 heavy (non-hydrogen) atoms. The van der Waals surface area contributed by atoms with E-state index in [1.807, 2.05) is 6.07 Å². The maximum Gasteiger partial charge on any atom is 0.208 e. The number of aryl methyl sites for hydroxylation is 1. The van der Waals surface area contributed by atoms with E-state index in [4.69, 9.17) is 4.42 Å². The first-order chi connectivity index (χ1) is 8.85. The van der Waals surface area contributed by atoms with E-state index in [1.54, 1.807) is 6.20 Å². The average molecular weight is 323 g/mol. The summed E-state index contributed by atoms with van der Waals surface area (Å²) in [6.45, 7) is 9.06. The summed E-state index contributed by atoms with van der Waals surface area (Å²) < 4.78 is 6.85. The number of halogens is 1. The predicted octanol–water partition coefficient (Wildman–Crippen LogP) is 4.30. The summed E-state index contributed by atoms with van der Waals surface area (Å²) in [6.07, 6.45) is 1.79. The zero-order valence-corrected chi connectivity index (χ0v) is 13.3. The lowest BCUT2D eigenvalue weighted by Gasteiger charge is -2.18. The molecule has 0 saturated heterocycles. The van der Waals surface area contributed by atoms with Crippen molar-refractivity contribution in [3.8, 4) is 11.3 Å². The molecule has 3 nitrogen and oxygen atoms in total. The zero-order valence-electron chi connectivity index (χ0n) is 11.7. The molecule has 0 radical (unpaired) electrons. The molecule has 1 heterocycles. The van der Waals surface area contributed by atoms with Crippen LogP contribution in [0.2, 0.25) is 0 Å². The molecule has 0 aliphatic rings. The van der Waals surface area contributed by atoms with E-state index in [9.17, 15) is 0 Å². The monoisotopic (exact) mass is 322 g/mol. The average Bonchev–Trinajstić information content (AvgIpc) is 2.77. The first-order valence-corrected chi connectivity index (χ1v) is 7.11. The van der Waals surface area contributed by atoms with Gasteiger partial charge in [0.2, 0.25) is 5.89 Å². The van der Waals surface area contributed by atoms with Gasteiger partial charge in [0.1, 0.15) is 0 Å². The fraction of sp³-hybridized carbons (Fsp3) is 0.400. The van der Waals surface area contributed by atoms with Gasteiger partial charge < -0.3 is 9.73 Å². The van der Waals surface area contributed by atoms with E-state index in [2.05, 4.69) is 66.1 Å². The second kappa shape index (κ2) is 5.47. The van der Waals surface area contributed by atoms with Crippen LogP contribution in [0.25, 0.3) is 11.3 Å². The molecule has 0 unspecified atom stereocenters. The normalized spacial score (nSPS) is 11.8. The molecule has 0 aliphatic heterocycles. The van der Waals surface area contributed by atoms with Crippen molar-refractivity contribution in [3.05, 3.63) is 40.3 Å². The summed E-state index contributed by atoms with van der Waals surface area (Å²) in [5.74, 6) is 1.52. The minimum absolute atomic E-state index is 0.0559. The third-order valence-electron chi connectivity index (χ3n) is 2.79. The molecule has 0 aliphatic carbocycles. The molecule has 0 amide bonds. The number of rotatable bonds is 3. The second-order valence-electron chi connectivity index (χ2n) is 5.68. The van der Waals surface area contributed by atoms with Crippen LogP contribution in [0.1, 0.15) is 32.2 Å². The van der Waals surface area contributed by atoms with Gasteiger partial charge in [-0.15, -0.1) is 0 Å². The van der Waals surface area contributed by atoms with Gasteiger partial charge in [0.25, 0.3) is 0 Å². The van der Waals surface area contributed by atoms with Crippen LogP contribution in [0.15, 0.2) is 33.3 Å². The molecule has 1 aromatic carbocycles. The minimum Gasteiger partial charge on any atom is -0.439 e. The Kier molecular flexibility index (Phi) is 4.11. The molecule has 2 aromatic rings. The number of oxazole rings is 1. The summed E-state index contributed by atoms with van der Waals surface area (Å²) >= 11 is 3.48.